The molecule has 1 aromatic carbocycles. The van der Waals surface area contributed by atoms with Gasteiger partial charge in [-0.05, 0) is 36.4 Å². The van der Waals surface area contributed by atoms with Crippen molar-refractivity contribution in [3.8, 4) is 11.3 Å². The summed E-state index contributed by atoms with van der Waals surface area (Å²) in [7, 11) is 0. The Labute approximate surface area is 230 Å². The van der Waals surface area contributed by atoms with Gasteiger partial charge in [-0.1, -0.05) is 6.07 Å². The lowest BCUT2D eigenvalue weighted by molar-refractivity contribution is -0.141. The van der Waals surface area contributed by atoms with Crippen molar-refractivity contribution in [1.29, 1.82) is 0 Å². The number of hydrogen-bond acceptors (Lipinski definition) is 8. The molecule has 1 fully saturated rings. The number of fused-ring (bicyclic) bond motifs is 1. The third kappa shape index (κ3) is 6.60. The summed E-state index contributed by atoms with van der Waals surface area (Å²) in [4.78, 5) is 31.5. The highest BCUT2D eigenvalue weighted by atomic mass is 19.4. The molecule has 4 heterocycles. The van der Waals surface area contributed by atoms with E-state index in [1.54, 1.807) is 6.07 Å². The molecule has 1 saturated heterocycles. The number of carbonyl (C=O) groups is 1. The van der Waals surface area contributed by atoms with Gasteiger partial charge in [0.25, 0.3) is 0 Å². The van der Waals surface area contributed by atoms with Crippen molar-refractivity contribution >= 4 is 28.7 Å². The molecule has 0 spiro atoms. The van der Waals surface area contributed by atoms with Crippen LogP contribution in [0.25, 0.3) is 22.2 Å². The van der Waals surface area contributed by atoms with Gasteiger partial charge in [0, 0.05) is 43.3 Å². The first-order chi connectivity index (χ1) is 19.5. The van der Waals surface area contributed by atoms with E-state index in [2.05, 4.69) is 30.2 Å². The average molecular weight is 576 g/mol. The molecule has 4 aromatic rings. The van der Waals surface area contributed by atoms with Gasteiger partial charge in [-0.15, -0.1) is 0 Å². The summed E-state index contributed by atoms with van der Waals surface area (Å²) in [5.74, 6) is 0.618. The summed E-state index contributed by atoms with van der Waals surface area (Å²) in [6, 6.07) is 8.70. The quantitative estimate of drug-likeness (QED) is 0.238. The SMILES string of the molecule is O=CCN1CCN(Cc2nc(Nc3ccc(C(F)(F)F)nc3)c3ccc(-c4ncccc4C(F)(F)F)cc3n2)CC1. The first-order valence-corrected chi connectivity index (χ1v) is 12.5. The maximum Gasteiger partial charge on any atom is 0.433 e. The number of carbonyl (C=O) groups excluding carboxylic acids is 1. The molecule has 1 N–H and O–H groups in total. The van der Waals surface area contributed by atoms with Crippen molar-refractivity contribution in [3.05, 3.63) is 71.9 Å². The molecule has 0 unspecified atom stereocenters. The average Bonchev–Trinajstić information content (AvgIpc) is 2.93. The summed E-state index contributed by atoms with van der Waals surface area (Å²) in [5, 5.41) is 3.42. The van der Waals surface area contributed by atoms with E-state index in [0.29, 0.717) is 56.0 Å². The molecule has 1 aliphatic rings. The molecule has 0 radical (unpaired) electrons. The van der Waals surface area contributed by atoms with Crippen molar-refractivity contribution in [2.75, 3.05) is 38.0 Å². The fourth-order valence-corrected chi connectivity index (χ4v) is 4.56. The molecule has 8 nitrogen and oxygen atoms in total. The van der Waals surface area contributed by atoms with Crippen molar-refractivity contribution in [2.24, 2.45) is 0 Å². The molecule has 0 saturated carbocycles. The number of nitrogens with one attached hydrogen (secondary N) is 1. The van der Waals surface area contributed by atoms with Crippen LogP contribution in [0.3, 0.4) is 0 Å². The van der Waals surface area contributed by atoms with Crippen LogP contribution in [0.15, 0.2) is 54.9 Å². The zero-order valence-corrected chi connectivity index (χ0v) is 21.4. The standard InChI is InChI=1S/C27H23F6N7O/c28-26(29,30)20-2-1-7-34-24(20)17-3-5-19-21(14-17)37-23(16-40-10-8-39(9-11-40)12-13-41)38-25(19)36-18-4-6-22(35-15-18)27(31,32)33/h1-7,13-15H,8-12,16H2,(H,36,37,38). The topological polar surface area (TPSA) is 87.1 Å². The van der Waals surface area contributed by atoms with Gasteiger partial charge >= 0.3 is 12.4 Å². The van der Waals surface area contributed by atoms with Crippen molar-refractivity contribution < 1.29 is 31.1 Å². The molecule has 0 bridgehead atoms. The van der Waals surface area contributed by atoms with Crippen LogP contribution in [0.1, 0.15) is 17.1 Å². The number of anilines is 2. The fourth-order valence-electron chi connectivity index (χ4n) is 4.56. The number of aromatic nitrogens is 4. The van der Waals surface area contributed by atoms with Gasteiger partial charge in [0.2, 0.25) is 0 Å². The number of nitrogens with zero attached hydrogens (tertiary/aromatic N) is 6. The van der Waals surface area contributed by atoms with E-state index in [4.69, 9.17) is 0 Å². The first kappa shape index (κ1) is 28.4. The van der Waals surface area contributed by atoms with Gasteiger partial charge in [-0.2, -0.15) is 26.3 Å². The lowest BCUT2D eigenvalue weighted by atomic mass is 10.0. The Bertz CT molecular complexity index is 1530. The van der Waals surface area contributed by atoms with E-state index in [1.807, 2.05) is 4.90 Å². The molecule has 214 valence electrons. The highest BCUT2D eigenvalue weighted by Gasteiger charge is 2.34. The lowest BCUT2D eigenvalue weighted by Crippen LogP contribution is -2.46. The first-order valence-electron chi connectivity index (χ1n) is 12.5. The number of piperazine rings is 1. The van der Waals surface area contributed by atoms with Crippen LogP contribution < -0.4 is 5.32 Å². The van der Waals surface area contributed by atoms with Gasteiger partial charge in [0.1, 0.15) is 23.6 Å². The number of halogens is 6. The van der Waals surface area contributed by atoms with Crippen LogP contribution in [-0.2, 0) is 23.7 Å². The second kappa shape index (κ2) is 11.4. The zero-order valence-electron chi connectivity index (χ0n) is 21.4. The minimum Gasteiger partial charge on any atom is -0.338 e. The van der Waals surface area contributed by atoms with Crippen molar-refractivity contribution in [2.45, 2.75) is 18.9 Å². The van der Waals surface area contributed by atoms with E-state index in [0.717, 1.165) is 24.6 Å². The number of aldehydes is 1. The second-order valence-electron chi connectivity index (χ2n) is 9.42. The second-order valence-corrected chi connectivity index (χ2v) is 9.42. The van der Waals surface area contributed by atoms with E-state index < -0.39 is 23.6 Å². The Hall–Kier alpha value is -4.17. The fraction of sp³-hybridized carbons (Fsp3) is 0.296. The Balaban J connectivity index is 1.52. The predicted molar refractivity (Wildman–Crippen MR) is 138 cm³/mol. The smallest absolute Gasteiger partial charge is 0.338 e. The van der Waals surface area contributed by atoms with Crippen molar-refractivity contribution in [1.82, 2.24) is 29.7 Å². The maximum atomic E-state index is 13.7. The molecule has 0 amide bonds. The monoisotopic (exact) mass is 575 g/mol. The molecular weight excluding hydrogens is 552 g/mol. The largest absolute Gasteiger partial charge is 0.433 e. The Kier molecular flexibility index (Phi) is 7.87. The molecule has 0 atom stereocenters. The normalized spacial score (nSPS) is 15.3. The van der Waals surface area contributed by atoms with Crippen LogP contribution in [-0.4, -0.2) is 68.7 Å². The molecule has 41 heavy (non-hydrogen) atoms. The van der Waals surface area contributed by atoms with E-state index in [1.165, 1.54) is 30.5 Å². The lowest BCUT2D eigenvalue weighted by Gasteiger charge is -2.33. The third-order valence-electron chi connectivity index (χ3n) is 6.61. The predicted octanol–water partition coefficient (Wildman–Crippen LogP) is 5.18. The summed E-state index contributed by atoms with van der Waals surface area (Å²) >= 11 is 0. The van der Waals surface area contributed by atoms with Crippen molar-refractivity contribution in [3.63, 3.8) is 0 Å². The number of pyridine rings is 2. The number of hydrogen-bond donors (Lipinski definition) is 1. The zero-order chi connectivity index (χ0) is 29.2. The van der Waals surface area contributed by atoms with Gasteiger partial charge in [0.05, 0.1) is 41.7 Å². The molecule has 1 aliphatic heterocycles. The van der Waals surface area contributed by atoms with Gasteiger partial charge in [-0.25, -0.2) is 15.0 Å². The Morgan fingerprint density at radius 1 is 0.878 bits per heavy atom. The Morgan fingerprint density at radius 3 is 2.29 bits per heavy atom. The molecule has 0 aliphatic carbocycles. The molecule has 14 heteroatoms. The van der Waals surface area contributed by atoms with E-state index in [9.17, 15) is 31.1 Å². The number of rotatable bonds is 7. The minimum atomic E-state index is -4.62. The van der Waals surface area contributed by atoms with Crippen LogP contribution in [0.2, 0.25) is 0 Å². The highest BCUT2D eigenvalue weighted by molar-refractivity contribution is 5.93. The number of benzene rings is 1. The van der Waals surface area contributed by atoms with E-state index >= 15 is 0 Å². The molecule has 5 rings (SSSR count). The summed E-state index contributed by atoms with van der Waals surface area (Å²) in [6.07, 6.45) is -6.07. The van der Waals surface area contributed by atoms with Gasteiger partial charge in [-0.3, -0.25) is 14.8 Å². The maximum absolute atomic E-state index is 13.7. The number of alkyl halides is 6. The van der Waals surface area contributed by atoms with E-state index in [-0.39, 0.29) is 22.8 Å². The summed E-state index contributed by atoms with van der Waals surface area (Å²) in [6.45, 7) is 3.27. The van der Waals surface area contributed by atoms with Crippen LogP contribution >= 0.6 is 0 Å². The summed E-state index contributed by atoms with van der Waals surface area (Å²) < 4.78 is 80.0. The third-order valence-corrected chi connectivity index (χ3v) is 6.61. The van der Waals surface area contributed by atoms with Gasteiger partial charge in [0.15, 0.2) is 0 Å². The summed E-state index contributed by atoms with van der Waals surface area (Å²) in [5.41, 5.74) is -1.44. The van der Waals surface area contributed by atoms with Crippen LogP contribution in [0.5, 0.6) is 0 Å². The Morgan fingerprint density at radius 2 is 1.63 bits per heavy atom. The molecular formula is C27H23F6N7O. The highest BCUT2D eigenvalue weighted by Crippen LogP contribution is 2.37. The van der Waals surface area contributed by atoms with Gasteiger partial charge < -0.3 is 10.1 Å². The van der Waals surface area contributed by atoms with Crippen LogP contribution in [0, 0.1) is 0 Å². The molecule has 3 aromatic heterocycles. The minimum absolute atomic E-state index is 0.194. The van der Waals surface area contributed by atoms with Crippen LogP contribution in [0.4, 0.5) is 37.8 Å².